The standard InChI is InChI=1S/C15H21N3O3/c1-2-18-9-15(8-17-18)21-11-13(19)10-20-14-5-3-4-12(6-14)7-16/h3-6,8-9,13,19H,2,7,10-11,16H2,1H3. The van der Waals surface area contributed by atoms with Crippen molar-refractivity contribution in [1.82, 2.24) is 9.78 Å². The molecule has 21 heavy (non-hydrogen) atoms. The number of hydrogen-bond acceptors (Lipinski definition) is 5. The zero-order valence-electron chi connectivity index (χ0n) is 12.1. The van der Waals surface area contributed by atoms with E-state index in [1.807, 2.05) is 31.2 Å². The third kappa shape index (κ3) is 4.77. The number of aromatic nitrogens is 2. The van der Waals surface area contributed by atoms with Crippen LogP contribution >= 0.6 is 0 Å². The van der Waals surface area contributed by atoms with Gasteiger partial charge in [-0.1, -0.05) is 12.1 Å². The molecule has 3 N–H and O–H groups in total. The Labute approximate surface area is 124 Å². The minimum atomic E-state index is -0.712. The highest BCUT2D eigenvalue weighted by molar-refractivity contribution is 5.28. The summed E-state index contributed by atoms with van der Waals surface area (Å²) in [6.07, 6.45) is 2.71. The van der Waals surface area contributed by atoms with Crippen LogP contribution in [0.5, 0.6) is 11.5 Å². The molecule has 0 aliphatic carbocycles. The molecule has 6 heteroatoms. The number of hydrogen-bond donors (Lipinski definition) is 2. The van der Waals surface area contributed by atoms with E-state index in [0.29, 0.717) is 18.0 Å². The monoisotopic (exact) mass is 291 g/mol. The maximum Gasteiger partial charge on any atom is 0.157 e. The van der Waals surface area contributed by atoms with E-state index in [0.717, 1.165) is 12.1 Å². The summed E-state index contributed by atoms with van der Waals surface area (Å²) in [6.45, 7) is 3.56. The molecule has 0 aliphatic rings. The minimum absolute atomic E-state index is 0.159. The van der Waals surface area contributed by atoms with Gasteiger partial charge in [0.15, 0.2) is 5.75 Å². The van der Waals surface area contributed by atoms with E-state index in [1.54, 1.807) is 17.1 Å². The van der Waals surface area contributed by atoms with E-state index in [9.17, 15) is 5.11 Å². The van der Waals surface area contributed by atoms with Crippen molar-refractivity contribution in [2.75, 3.05) is 13.2 Å². The summed E-state index contributed by atoms with van der Waals surface area (Å²) in [5.74, 6) is 1.33. The van der Waals surface area contributed by atoms with Gasteiger partial charge in [0.2, 0.25) is 0 Å². The van der Waals surface area contributed by atoms with Gasteiger partial charge in [-0.2, -0.15) is 5.10 Å². The van der Waals surface area contributed by atoms with Gasteiger partial charge in [-0.15, -0.1) is 0 Å². The van der Waals surface area contributed by atoms with Crippen LogP contribution in [0.4, 0.5) is 0 Å². The van der Waals surface area contributed by atoms with Crippen molar-refractivity contribution in [2.45, 2.75) is 26.1 Å². The van der Waals surface area contributed by atoms with Crippen LogP contribution in [0.2, 0.25) is 0 Å². The van der Waals surface area contributed by atoms with Gasteiger partial charge in [-0.25, -0.2) is 0 Å². The van der Waals surface area contributed by atoms with Crippen LogP contribution in [0, 0.1) is 0 Å². The van der Waals surface area contributed by atoms with Gasteiger partial charge in [0, 0.05) is 13.1 Å². The molecule has 0 radical (unpaired) electrons. The predicted octanol–water partition coefficient (Wildman–Crippen LogP) is 1.18. The lowest BCUT2D eigenvalue weighted by molar-refractivity contribution is 0.0626. The molecule has 1 heterocycles. The van der Waals surface area contributed by atoms with Gasteiger partial charge in [0.1, 0.15) is 25.1 Å². The molecule has 114 valence electrons. The molecular formula is C15H21N3O3. The number of nitrogens with zero attached hydrogens (tertiary/aromatic N) is 2. The molecule has 0 saturated carbocycles. The van der Waals surface area contributed by atoms with Crippen LogP contribution in [-0.2, 0) is 13.1 Å². The maximum absolute atomic E-state index is 9.86. The number of benzene rings is 1. The fourth-order valence-corrected chi connectivity index (χ4v) is 1.79. The van der Waals surface area contributed by atoms with Gasteiger partial charge in [-0.3, -0.25) is 4.68 Å². The average Bonchev–Trinajstić information content (AvgIpc) is 2.99. The summed E-state index contributed by atoms with van der Waals surface area (Å²) in [7, 11) is 0. The van der Waals surface area contributed by atoms with Crippen LogP contribution in [-0.4, -0.2) is 34.2 Å². The summed E-state index contributed by atoms with van der Waals surface area (Å²) in [6, 6.07) is 7.49. The Morgan fingerprint density at radius 1 is 1.29 bits per heavy atom. The Morgan fingerprint density at radius 2 is 2.05 bits per heavy atom. The molecule has 1 aromatic heterocycles. The van der Waals surface area contributed by atoms with Crippen molar-refractivity contribution in [2.24, 2.45) is 5.73 Å². The molecule has 0 spiro atoms. The summed E-state index contributed by atoms with van der Waals surface area (Å²) >= 11 is 0. The maximum atomic E-state index is 9.86. The smallest absolute Gasteiger partial charge is 0.157 e. The summed E-state index contributed by atoms with van der Waals surface area (Å²) in [4.78, 5) is 0. The van der Waals surface area contributed by atoms with Crippen molar-refractivity contribution in [3.8, 4) is 11.5 Å². The van der Waals surface area contributed by atoms with Gasteiger partial charge in [0.05, 0.1) is 12.4 Å². The zero-order valence-corrected chi connectivity index (χ0v) is 12.1. The molecule has 2 rings (SSSR count). The van der Waals surface area contributed by atoms with Gasteiger partial charge < -0.3 is 20.3 Å². The molecule has 0 fully saturated rings. The lowest BCUT2D eigenvalue weighted by atomic mass is 10.2. The molecule has 0 bridgehead atoms. The average molecular weight is 291 g/mol. The largest absolute Gasteiger partial charge is 0.491 e. The second-order valence-electron chi connectivity index (χ2n) is 4.66. The number of aliphatic hydroxyl groups excluding tert-OH is 1. The summed E-state index contributed by atoms with van der Waals surface area (Å²) < 4.78 is 12.7. The number of ether oxygens (including phenoxy) is 2. The fraction of sp³-hybridized carbons (Fsp3) is 0.400. The lowest BCUT2D eigenvalue weighted by Crippen LogP contribution is -2.25. The first kappa shape index (κ1) is 15.3. The van der Waals surface area contributed by atoms with E-state index in [4.69, 9.17) is 15.2 Å². The fourth-order valence-electron chi connectivity index (χ4n) is 1.79. The Hall–Kier alpha value is -2.05. The van der Waals surface area contributed by atoms with Gasteiger partial charge >= 0.3 is 0 Å². The van der Waals surface area contributed by atoms with Crippen molar-refractivity contribution in [3.63, 3.8) is 0 Å². The third-order valence-electron chi connectivity index (χ3n) is 2.95. The van der Waals surface area contributed by atoms with Crippen LogP contribution < -0.4 is 15.2 Å². The SMILES string of the molecule is CCn1cc(OCC(O)COc2cccc(CN)c2)cn1. The molecule has 0 saturated heterocycles. The predicted molar refractivity (Wildman–Crippen MR) is 79.2 cm³/mol. The highest BCUT2D eigenvalue weighted by Crippen LogP contribution is 2.13. The van der Waals surface area contributed by atoms with Crippen molar-refractivity contribution in [3.05, 3.63) is 42.2 Å². The zero-order chi connectivity index (χ0) is 15.1. The summed E-state index contributed by atoms with van der Waals surface area (Å²) in [5.41, 5.74) is 6.56. The number of rotatable bonds is 8. The van der Waals surface area contributed by atoms with Crippen LogP contribution in [0.25, 0.3) is 0 Å². The molecule has 0 aliphatic heterocycles. The van der Waals surface area contributed by atoms with Crippen LogP contribution in [0.3, 0.4) is 0 Å². The van der Waals surface area contributed by atoms with Crippen LogP contribution in [0.15, 0.2) is 36.7 Å². The van der Waals surface area contributed by atoms with Crippen molar-refractivity contribution >= 4 is 0 Å². The first-order valence-corrected chi connectivity index (χ1v) is 6.96. The highest BCUT2D eigenvalue weighted by atomic mass is 16.5. The lowest BCUT2D eigenvalue weighted by Gasteiger charge is -2.13. The minimum Gasteiger partial charge on any atom is -0.491 e. The van der Waals surface area contributed by atoms with E-state index >= 15 is 0 Å². The topological polar surface area (TPSA) is 82.5 Å². The number of nitrogens with two attached hydrogens (primary N) is 1. The molecule has 0 amide bonds. The number of aryl methyl sites for hydroxylation is 1. The number of aliphatic hydroxyl groups is 1. The molecule has 1 unspecified atom stereocenters. The molecule has 1 atom stereocenters. The van der Waals surface area contributed by atoms with Crippen molar-refractivity contribution in [1.29, 1.82) is 0 Å². The Kier molecular flexibility index (Phi) is 5.59. The highest BCUT2D eigenvalue weighted by Gasteiger charge is 2.08. The molecular weight excluding hydrogens is 270 g/mol. The third-order valence-corrected chi connectivity index (χ3v) is 2.95. The van der Waals surface area contributed by atoms with E-state index < -0.39 is 6.10 Å². The van der Waals surface area contributed by atoms with Crippen LogP contribution in [0.1, 0.15) is 12.5 Å². The normalized spacial score (nSPS) is 12.1. The Morgan fingerprint density at radius 3 is 2.71 bits per heavy atom. The quantitative estimate of drug-likeness (QED) is 0.763. The van der Waals surface area contributed by atoms with Gasteiger partial charge in [-0.05, 0) is 24.6 Å². The van der Waals surface area contributed by atoms with Gasteiger partial charge in [0.25, 0.3) is 0 Å². The molecule has 6 nitrogen and oxygen atoms in total. The molecule has 2 aromatic rings. The van der Waals surface area contributed by atoms with E-state index in [1.165, 1.54) is 0 Å². The first-order chi connectivity index (χ1) is 10.2. The van der Waals surface area contributed by atoms with E-state index in [2.05, 4.69) is 5.10 Å². The summed E-state index contributed by atoms with van der Waals surface area (Å²) in [5, 5.41) is 14.0. The van der Waals surface area contributed by atoms with E-state index in [-0.39, 0.29) is 13.2 Å². The first-order valence-electron chi connectivity index (χ1n) is 6.96. The Balaban J connectivity index is 1.75. The second-order valence-corrected chi connectivity index (χ2v) is 4.66. The Bertz CT molecular complexity index is 557. The second kappa shape index (κ2) is 7.66. The molecule has 1 aromatic carbocycles. The van der Waals surface area contributed by atoms with Crippen molar-refractivity contribution < 1.29 is 14.6 Å².